The molecule has 0 aliphatic carbocycles. The topological polar surface area (TPSA) is 105 Å². The molecule has 2 atom stereocenters. The van der Waals surface area contributed by atoms with E-state index in [9.17, 15) is 18.0 Å². The lowest BCUT2D eigenvalue weighted by Gasteiger charge is -2.11. The Morgan fingerprint density at radius 3 is 1.65 bits per heavy atom. The quantitative estimate of drug-likeness (QED) is 0.606. The summed E-state index contributed by atoms with van der Waals surface area (Å²) in [5, 5.41) is 0. The average molecular weight is 268 g/mol. The summed E-state index contributed by atoms with van der Waals surface area (Å²) < 4.78 is 39.8. The van der Waals surface area contributed by atoms with Gasteiger partial charge in [-0.05, 0) is 13.8 Å². The summed E-state index contributed by atoms with van der Waals surface area (Å²) in [6.07, 6.45) is -3.31. The fourth-order valence-corrected chi connectivity index (χ4v) is 2.06. The first-order valence-electron chi connectivity index (χ1n) is 4.86. The van der Waals surface area contributed by atoms with E-state index in [0.29, 0.717) is 0 Å². The number of hydrogen-bond donors (Lipinski definition) is 0. The van der Waals surface area contributed by atoms with Crippen molar-refractivity contribution in [2.24, 2.45) is 0 Å². The van der Waals surface area contributed by atoms with E-state index in [1.807, 2.05) is 0 Å². The van der Waals surface area contributed by atoms with Crippen molar-refractivity contribution in [1.82, 2.24) is 0 Å². The average Bonchev–Trinajstić information content (AvgIpc) is 2.55. The molecule has 0 radical (unpaired) electrons. The molecule has 1 aliphatic heterocycles. The Morgan fingerprint density at radius 1 is 1.00 bits per heavy atom. The lowest BCUT2D eigenvalue weighted by atomic mass is 10.2. The summed E-state index contributed by atoms with van der Waals surface area (Å²) in [4.78, 5) is 22.7. The predicted octanol–water partition coefficient (Wildman–Crippen LogP) is -0.859. The number of rotatable bonds is 4. The number of hydrogen-bond acceptors (Lipinski definition) is 8. The monoisotopic (exact) mass is 268 g/mol. The van der Waals surface area contributed by atoms with Crippen LogP contribution in [0.25, 0.3) is 0 Å². The van der Waals surface area contributed by atoms with Crippen molar-refractivity contribution in [3.8, 4) is 0 Å². The second-order valence-electron chi connectivity index (χ2n) is 2.95. The van der Waals surface area contributed by atoms with Crippen molar-refractivity contribution in [3.05, 3.63) is 0 Å². The van der Waals surface area contributed by atoms with Gasteiger partial charge in [0.05, 0.1) is 13.2 Å². The van der Waals surface area contributed by atoms with Crippen LogP contribution in [-0.4, -0.2) is 45.8 Å². The van der Waals surface area contributed by atoms with Crippen LogP contribution in [0.4, 0.5) is 0 Å². The number of esters is 2. The third-order valence-electron chi connectivity index (χ3n) is 1.76. The molecular weight excluding hydrogens is 256 g/mol. The molecule has 0 unspecified atom stereocenters. The van der Waals surface area contributed by atoms with Gasteiger partial charge in [-0.3, -0.25) is 0 Å². The first kappa shape index (κ1) is 13.9. The van der Waals surface area contributed by atoms with Crippen molar-refractivity contribution in [2.75, 3.05) is 13.2 Å². The highest BCUT2D eigenvalue weighted by atomic mass is 32.3. The van der Waals surface area contributed by atoms with Crippen LogP contribution in [-0.2, 0) is 37.8 Å². The maximum atomic E-state index is 11.4. The molecule has 9 heteroatoms. The van der Waals surface area contributed by atoms with Crippen LogP contribution in [0.1, 0.15) is 13.8 Å². The molecule has 1 saturated heterocycles. The molecule has 17 heavy (non-hydrogen) atoms. The highest BCUT2D eigenvalue weighted by Gasteiger charge is 2.50. The van der Waals surface area contributed by atoms with Crippen molar-refractivity contribution in [2.45, 2.75) is 26.1 Å². The maximum absolute atomic E-state index is 11.4. The maximum Gasteiger partial charge on any atom is 0.401 e. The number of carbonyl (C=O) groups is 2. The molecule has 1 heterocycles. The second kappa shape index (κ2) is 5.43. The van der Waals surface area contributed by atoms with E-state index in [0.717, 1.165) is 0 Å². The van der Waals surface area contributed by atoms with Crippen molar-refractivity contribution < 1.29 is 35.8 Å². The Labute approximate surface area is 98.1 Å². The largest absolute Gasteiger partial charge is 0.464 e. The molecule has 0 amide bonds. The molecule has 98 valence electrons. The zero-order valence-electron chi connectivity index (χ0n) is 9.24. The third-order valence-corrected chi connectivity index (χ3v) is 2.64. The molecule has 0 bridgehead atoms. The van der Waals surface area contributed by atoms with Crippen LogP contribution >= 0.6 is 0 Å². The first-order valence-corrected chi connectivity index (χ1v) is 6.19. The fraction of sp³-hybridized carbons (Fsp3) is 0.750. The van der Waals surface area contributed by atoms with Gasteiger partial charge in [0.1, 0.15) is 0 Å². The van der Waals surface area contributed by atoms with Gasteiger partial charge in [-0.15, -0.1) is 0 Å². The van der Waals surface area contributed by atoms with Gasteiger partial charge < -0.3 is 9.47 Å². The van der Waals surface area contributed by atoms with Crippen molar-refractivity contribution >= 4 is 22.3 Å². The van der Waals surface area contributed by atoms with Crippen LogP contribution in [0.3, 0.4) is 0 Å². The standard InChI is InChI=1S/C8H12O8S/c1-3-13-7(9)5-6(8(10)14-4-2)16-17(11,12)15-5/h5-6H,3-4H2,1-2H3/t5-,6-/m0/s1. The van der Waals surface area contributed by atoms with Crippen molar-refractivity contribution in [3.63, 3.8) is 0 Å². The van der Waals surface area contributed by atoms with Gasteiger partial charge in [0.2, 0.25) is 12.2 Å². The lowest BCUT2D eigenvalue weighted by Crippen LogP contribution is -2.39. The SMILES string of the molecule is CCOC(=O)[C@H]1OS(=O)(=O)O[C@@H]1C(=O)OCC. The lowest BCUT2D eigenvalue weighted by molar-refractivity contribution is -0.163. The normalized spacial score (nSPS) is 26.5. The molecule has 8 nitrogen and oxygen atoms in total. The van der Waals surface area contributed by atoms with Gasteiger partial charge >= 0.3 is 22.3 Å². The van der Waals surface area contributed by atoms with E-state index in [2.05, 4.69) is 17.8 Å². The van der Waals surface area contributed by atoms with Crippen LogP contribution in [0.15, 0.2) is 0 Å². The summed E-state index contributed by atoms with van der Waals surface area (Å²) in [5.41, 5.74) is 0. The molecule has 0 saturated carbocycles. The van der Waals surface area contributed by atoms with Gasteiger partial charge in [-0.2, -0.15) is 8.42 Å². The van der Waals surface area contributed by atoms with Gasteiger partial charge in [0.25, 0.3) is 0 Å². The molecular formula is C8H12O8S. The summed E-state index contributed by atoms with van der Waals surface area (Å²) in [5.74, 6) is -1.99. The third kappa shape index (κ3) is 3.38. The molecule has 1 rings (SSSR count). The highest BCUT2D eigenvalue weighted by molar-refractivity contribution is 7.82. The molecule has 1 aliphatic rings. The number of carbonyl (C=O) groups excluding carboxylic acids is 2. The summed E-state index contributed by atoms with van der Waals surface area (Å²) in [6, 6.07) is 0. The van der Waals surface area contributed by atoms with Crippen molar-refractivity contribution in [1.29, 1.82) is 0 Å². The van der Waals surface area contributed by atoms with E-state index in [4.69, 9.17) is 0 Å². The Bertz CT molecular complexity index is 368. The smallest absolute Gasteiger partial charge is 0.401 e. The zero-order chi connectivity index (χ0) is 13.1. The number of ether oxygens (including phenoxy) is 2. The molecule has 0 aromatic heterocycles. The minimum atomic E-state index is -4.37. The Morgan fingerprint density at radius 2 is 1.35 bits per heavy atom. The molecule has 0 aromatic carbocycles. The zero-order valence-corrected chi connectivity index (χ0v) is 10.1. The molecule has 0 spiro atoms. The van der Waals surface area contributed by atoms with E-state index in [1.165, 1.54) is 13.8 Å². The predicted molar refractivity (Wildman–Crippen MR) is 51.9 cm³/mol. The first-order chi connectivity index (χ1) is 7.91. The molecule has 1 fully saturated rings. The van der Waals surface area contributed by atoms with Gasteiger partial charge in [-0.1, -0.05) is 0 Å². The van der Waals surface area contributed by atoms with E-state index in [1.54, 1.807) is 0 Å². The molecule has 0 N–H and O–H groups in total. The summed E-state index contributed by atoms with van der Waals surface area (Å²) in [6.45, 7) is 3.10. The summed E-state index contributed by atoms with van der Waals surface area (Å²) in [7, 11) is -4.37. The molecule has 0 aromatic rings. The van der Waals surface area contributed by atoms with Crippen LogP contribution in [0.5, 0.6) is 0 Å². The van der Waals surface area contributed by atoms with E-state index < -0.39 is 34.5 Å². The summed E-state index contributed by atoms with van der Waals surface area (Å²) >= 11 is 0. The van der Waals surface area contributed by atoms with Crippen LogP contribution in [0.2, 0.25) is 0 Å². The van der Waals surface area contributed by atoms with Crippen LogP contribution in [0, 0.1) is 0 Å². The highest BCUT2D eigenvalue weighted by Crippen LogP contribution is 2.22. The van der Waals surface area contributed by atoms with E-state index in [-0.39, 0.29) is 13.2 Å². The minimum absolute atomic E-state index is 0.0221. The van der Waals surface area contributed by atoms with Gasteiger partial charge in [0.15, 0.2) is 0 Å². The second-order valence-corrected chi connectivity index (χ2v) is 4.15. The minimum Gasteiger partial charge on any atom is -0.464 e. The van der Waals surface area contributed by atoms with Gasteiger partial charge in [-0.25, -0.2) is 18.0 Å². The Kier molecular flexibility index (Phi) is 4.43. The fourth-order valence-electron chi connectivity index (χ4n) is 1.15. The van der Waals surface area contributed by atoms with E-state index >= 15 is 0 Å². The Hall–Kier alpha value is -1.19. The van der Waals surface area contributed by atoms with Gasteiger partial charge in [0, 0.05) is 0 Å². The Balaban J connectivity index is 2.85. The van der Waals surface area contributed by atoms with Crippen LogP contribution < -0.4 is 0 Å².